The van der Waals surface area contributed by atoms with Crippen molar-refractivity contribution in [1.82, 2.24) is 15.5 Å². The summed E-state index contributed by atoms with van der Waals surface area (Å²) in [7, 11) is 3.39. The normalized spacial score (nSPS) is 13.4. The van der Waals surface area contributed by atoms with Gasteiger partial charge in [0.05, 0.1) is 6.54 Å². The van der Waals surface area contributed by atoms with Gasteiger partial charge < -0.3 is 15.5 Å². The maximum atomic E-state index is 13.3. The van der Waals surface area contributed by atoms with Gasteiger partial charge in [0.1, 0.15) is 0 Å². The number of carbonyl (C=O) groups excluding carboxylic acids is 1. The molecule has 1 rings (SSSR count). The average molecular weight is 354 g/mol. The van der Waals surface area contributed by atoms with Gasteiger partial charge in [-0.1, -0.05) is 13.0 Å². The highest BCUT2D eigenvalue weighted by atomic mass is 19.2. The van der Waals surface area contributed by atoms with Gasteiger partial charge in [-0.05, 0) is 44.4 Å². The zero-order valence-electron chi connectivity index (χ0n) is 15.8. The third-order valence-corrected chi connectivity index (χ3v) is 3.55. The number of nitrogens with one attached hydrogen (secondary N) is 2. The standard InChI is InChI=1S/C18H28F2N4O/c1-12(13-7-8-14(19)15(20)9-13)10-22-17(21-5)24(6)11-16(25)23-18(2,3)4/h7-9,12H,10-11H2,1-6H3,(H,21,22)(H,23,25). The van der Waals surface area contributed by atoms with Crippen molar-refractivity contribution in [1.29, 1.82) is 0 Å². The van der Waals surface area contributed by atoms with E-state index in [1.54, 1.807) is 25.1 Å². The van der Waals surface area contributed by atoms with Crippen LogP contribution in [0.4, 0.5) is 8.78 Å². The number of amides is 1. The molecule has 0 fully saturated rings. The van der Waals surface area contributed by atoms with Crippen molar-refractivity contribution in [3.05, 3.63) is 35.4 Å². The molecule has 7 heteroatoms. The first-order chi connectivity index (χ1) is 11.5. The van der Waals surface area contributed by atoms with Crippen molar-refractivity contribution < 1.29 is 13.6 Å². The first-order valence-electron chi connectivity index (χ1n) is 8.21. The number of halogens is 2. The van der Waals surface area contributed by atoms with Gasteiger partial charge in [0.2, 0.25) is 5.91 Å². The summed E-state index contributed by atoms with van der Waals surface area (Å²) in [6.07, 6.45) is 0. The Morgan fingerprint density at radius 2 is 1.92 bits per heavy atom. The molecule has 0 aliphatic carbocycles. The van der Waals surface area contributed by atoms with Gasteiger partial charge in [-0.3, -0.25) is 9.79 Å². The maximum Gasteiger partial charge on any atom is 0.240 e. The highest BCUT2D eigenvalue weighted by Crippen LogP contribution is 2.17. The van der Waals surface area contributed by atoms with Crippen molar-refractivity contribution in [3.63, 3.8) is 0 Å². The van der Waals surface area contributed by atoms with Gasteiger partial charge in [0.15, 0.2) is 17.6 Å². The van der Waals surface area contributed by atoms with Gasteiger partial charge in [0, 0.05) is 26.2 Å². The Kier molecular flexibility index (Phi) is 7.33. The molecule has 0 spiro atoms. The molecule has 0 bridgehead atoms. The molecule has 140 valence electrons. The minimum atomic E-state index is -0.857. The van der Waals surface area contributed by atoms with Crippen LogP contribution in [0, 0.1) is 11.6 Å². The number of benzene rings is 1. The summed E-state index contributed by atoms with van der Waals surface area (Å²) in [6, 6.07) is 3.89. The Morgan fingerprint density at radius 3 is 2.44 bits per heavy atom. The summed E-state index contributed by atoms with van der Waals surface area (Å²) in [4.78, 5) is 17.9. The Balaban J connectivity index is 2.60. The molecule has 25 heavy (non-hydrogen) atoms. The zero-order valence-corrected chi connectivity index (χ0v) is 15.8. The van der Waals surface area contributed by atoms with Gasteiger partial charge in [-0.15, -0.1) is 0 Å². The molecule has 1 atom stereocenters. The van der Waals surface area contributed by atoms with Gasteiger partial charge >= 0.3 is 0 Å². The highest BCUT2D eigenvalue weighted by molar-refractivity contribution is 5.86. The molecular formula is C18H28F2N4O. The van der Waals surface area contributed by atoms with Crippen LogP contribution in [-0.2, 0) is 4.79 Å². The second kappa shape index (κ2) is 8.78. The second-order valence-electron chi connectivity index (χ2n) is 7.16. The molecule has 0 saturated carbocycles. The largest absolute Gasteiger partial charge is 0.356 e. The van der Waals surface area contributed by atoms with Crippen molar-refractivity contribution in [3.8, 4) is 0 Å². The number of rotatable bonds is 5. The van der Waals surface area contributed by atoms with Crippen LogP contribution in [0.25, 0.3) is 0 Å². The summed E-state index contributed by atoms with van der Waals surface area (Å²) in [6.45, 7) is 8.29. The predicted molar refractivity (Wildman–Crippen MR) is 96.7 cm³/mol. The Morgan fingerprint density at radius 1 is 1.28 bits per heavy atom. The molecule has 0 aromatic heterocycles. The molecule has 0 aliphatic heterocycles. The zero-order chi connectivity index (χ0) is 19.2. The van der Waals surface area contributed by atoms with E-state index in [9.17, 15) is 13.6 Å². The van der Waals surface area contributed by atoms with E-state index in [1.165, 1.54) is 6.07 Å². The third-order valence-electron chi connectivity index (χ3n) is 3.55. The summed E-state index contributed by atoms with van der Waals surface area (Å²) in [5, 5.41) is 6.04. The fraction of sp³-hybridized carbons (Fsp3) is 0.556. The molecule has 0 aliphatic rings. The molecule has 1 amide bonds. The molecular weight excluding hydrogens is 326 g/mol. The van der Waals surface area contributed by atoms with E-state index in [0.29, 0.717) is 18.1 Å². The maximum absolute atomic E-state index is 13.3. The van der Waals surface area contributed by atoms with E-state index in [-0.39, 0.29) is 23.9 Å². The number of likely N-dealkylation sites (N-methyl/N-ethyl adjacent to an activating group) is 1. The van der Waals surface area contributed by atoms with E-state index < -0.39 is 11.6 Å². The molecule has 0 heterocycles. The minimum absolute atomic E-state index is 0.0522. The van der Waals surface area contributed by atoms with Crippen LogP contribution in [0.3, 0.4) is 0 Å². The van der Waals surface area contributed by atoms with E-state index in [0.717, 1.165) is 6.07 Å². The van der Waals surface area contributed by atoms with Crippen LogP contribution >= 0.6 is 0 Å². The van der Waals surface area contributed by atoms with E-state index in [2.05, 4.69) is 15.6 Å². The topological polar surface area (TPSA) is 56.7 Å². The first-order valence-corrected chi connectivity index (χ1v) is 8.21. The van der Waals surface area contributed by atoms with Crippen molar-refractivity contribution >= 4 is 11.9 Å². The third kappa shape index (κ3) is 7.07. The Labute approximate surface area is 148 Å². The molecule has 2 N–H and O–H groups in total. The fourth-order valence-corrected chi connectivity index (χ4v) is 2.31. The lowest BCUT2D eigenvalue weighted by Gasteiger charge is -2.26. The summed E-state index contributed by atoms with van der Waals surface area (Å²) >= 11 is 0. The molecule has 1 unspecified atom stereocenters. The van der Waals surface area contributed by atoms with Crippen molar-refractivity contribution in [2.45, 2.75) is 39.2 Å². The lowest BCUT2D eigenvalue weighted by molar-refractivity contribution is -0.122. The average Bonchev–Trinajstić information content (AvgIpc) is 2.48. The van der Waals surface area contributed by atoms with Gasteiger partial charge in [0.25, 0.3) is 0 Å². The lowest BCUT2D eigenvalue weighted by Crippen LogP contribution is -2.49. The summed E-state index contributed by atoms with van der Waals surface area (Å²) < 4.78 is 26.4. The Hall–Kier alpha value is -2.18. The Bertz CT molecular complexity index is 626. The SMILES string of the molecule is CN=C(NCC(C)c1ccc(F)c(F)c1)N(C)CC(=O)NC(C)(C)C. The van der Waals surface area contributed by atoms with Crippen molar-refractivity contribution in [2.24, 2.45) is 4.99 Å². The molecule has 0 saturated heterocycles. The van der Waals surface area contributed by atoms with Crippen LogP contribution in [0.5, 0.6) is 0 Å². The second-order valence-corrected chi connectivity index (χ2v) is 7.16. The van der Waals surface area contributed by atoms with Crippen LogP contribution in [0.1, 0.15) is 39.2 Å². The van der Waals surface area contributed by atoms with Crippen LogP contribution < -0.4 is 10.6 Å². The summed E-state index contributed by atoms with van der Waals surface area (Å²) in [5.74, 6) is -1.32. The number of guanidine groups is 1. The first kappa shape index (κ1) is 20.9. The number of aliphatic imine (C=N–C) groups is 1. The lowest BCUT2D eigenvalue weighted by atomic mass is 10.0. The van der Waals surface area contributed by atoms with E-state index in [4.69, 9.17) is 0 Å². The van der Waals surface area contributed by atoms with Crippen LogP contribution in [-0.4, -0.2) is 49.5 Å². The number of hydrogen-bond donors (Lipinski definition) is 2. The van der Waals surface area contributed by atoms with Crippen LogP contribution in [0.15, 0.2) is 23.2 Å². The predicted octanol–water partition coefficient (Wildman–Crippen LogP) is 2.49. The minimum Gasteiger partial charge on any atom is -0.356 e. The quantitative estimate of drug-likeness (QED) is 0.631. The number of hydrogen-bond acceptors (Lipinski definition) is 2. The molecule has 1 aromatic rings. The van der Waals surface area contributed by atoms with E-state index >= 15 is 0 Å². The summed E-state index contributed by atoms with van der Waals surface area (Å²) in [5.41, 5.74) is 0.394. The number of carbonyl (C=O) groups is 1. The van der Waals surface area contributed by atoms with Crippen molar-refractivity contribution in [2.75, 3.05) is 27.2 Å². The number of nitrogens with zero attached hydrogens (tertiary/aromatic N) is 2. The smallest absolute Gasteiger partial charge is 0.240 e. The molecule has 0 radical (unpaired) electrons. The van der Waals surface area contributed by atoms with Gasteiger partial charge in [-0.25, -0.2) is 8.78 Å². The monoisotopic (exact) mass is 354 g/mol. The molecule has 1 aromatic carbocycles. The van der Waals surface area contributed by atoms with Gasteiger partial charge in [-0.2, -0.15) is 0 Å². The van der Waals surface area contributed by atoms with Crippen LogP contribution in [0.2, 0.25) is 0 Å². The molecule has 5 nitrogen and oxygen atoms in total. The highest BCUT2D eigenvalue weighted by Gasteiger charge is 2.17. The van der Waals surface area contributed by atoms with E-state index in [1.807, 2.05) is 27.7 Å². The fourth-order valence-electron chi connectivity index (χ4n) is 2.31.